The zero-order valence-corrected chi connectivity index (χ0v) is 11.7. The molecule has 1 saturated carbocycles. The van der Waals surface area contributed by atoms with Crippen molar-refractivity contribution in [2.45, 2.75) is 25.8 Å². The number of nitrogens with zero attached hydrogens (tertiary/aromatic N) is 3. The van der Waals surface area contributed by atoms with Gasteiger partial charge in [0.15, 0.2) is 5.82 Å². The molecule has 3 N–H and O–H groups in total. The molecule has 0 spiro atoms. The molecule has 2 aromatic rings. The molecule has 21 heavy (non-hydrogen) atoms. The average molecular weight is 285 g/mol. The highest BCUT2D eigenvalue weighted by molar-refractivity contribution is 5.66. The van der Waals surface area contributed by atoms with Crippen molar-refractivity contribution in [1.82, 2.24) is 9.78 Å². The highest BCUT2D eigenvalue weighted by Gasteiger charge is 2.29. The summed E-state index contributed by atoms with van der Waals surface area (Å²) in [6, 6.07) is 8.17. The minimum absolute atomic E-state index is 0.257. The molecule has 108 valence electrons. The number of halogens is 1. The van der Waals surface area contributed by atoms with Gasteiger partial charge in [-0.25, -0.2) is 9.07 Å². The molecule has 5 nitrogen and oxygen atoms in total. The van der Waals surface area contributed by atoms with Crippen molar-refractivity contribution in [2.24, 2.45) is 5.92 Å². The Kier molecular flexibility index (Phi) is 3.26. The van der Waals surface area contributed by atoms with Crippen molar-refractivity contribution in [3.8, 4) is 11.8 Å². The standard InChI is InChI=1S/C15H16FN5/c1-9(10-2-3-10)19-15-13(8-17)14(18)21(20-15)12-6-4-11(16)5-7-12/h4-7,9-10H,2-3,18H2,1H3,(H,19,20). The zero-order chi connectivity index (χ0) is 15.0. The van der Waals surface area contributed by atoms with Crippen LogP contribution in [0.4, 0.5) is 16.0 Å². The maximum absolute atomic E-state index is 13.0. The monoisotopic (exact) mass is 285 g/mol. The van der Waals surface area contributed by atoms with Crippen molar-refractivity contribution >= 4 is 11.6 Å². The number of nitrogens with one attached hydrogen (secondary N) is 1. The van der Waals surface area contributed by atoms with E-state index >= 15 is 0 Å². The van der Waals surface area contributed by atoms with E-state index in [-0.39, 0.29) is 17.7 Å². The number of nitriles is 1. The highest BCUT2D eigenvalue weighted by atomic mass is 19.1. The van der Waals surface area contributed by atoms with Crippen LogP contribution in [-0.2, 0) is 0 Å². The summed E-state index contributed by atoms with van der Waals surface area (Å²) in [5, 5.41) is 16.9. The number of nitrogens with two attached hydrogens (primary N) is 1. The maximum Gasteiger partial charge on any atom is 0.168 e. The summed E-state index contributed by atoms with van der Waals surface area (Å²) in [5.74, 6) is 1.05. The lowest BCUT2D eigenvalue weighted by Gasteiger charge is -2.11. The van der Waals surface area contributed by atoms with E-state index in [2.05, 4.69) is 23.4 Å². The van der Waals surface area contributed by atoms with Crippen LogP contribution in [0.3, 0.4) is 0 Å². The summed E-state index contributed by atoms with van der Waals surface area (Å²) < 4.78 is 14.5. The lowest BCUT2D eigenvalue weighted by atomic mass is 10.2. The smallest absolute Gasteiger partial charge is 0.168 e. The zero-order valence-electron chi connectivity index (χ0n) is 11.7. The van der Waals surface area contributed by atoms with Crippen molar-refractivity contribution in [1.29, 1.82) is 5.26 Å². The molecule has 1 fully saturated rings. The summed E-state index contributed by atoms with van der Waals surface area (Å²) in [6.07, 6.45) is 2.40. The maximum atomic E-state index is 13.0. The van der Waals surface area contributed by atoms with Crippen LogP contribution in [0.2, 0.25) is 0 Å². The van der Waals surface area contributed by atoms with Crippen LogP contribution in [0.1, 0.15) is 25.3 Å². The van der Waals surface area contributed by atoms with Gasteiger partial charge in [-0.2, -0.15) is 5.26 Å². The number of hydrogen-bond acceptors (Lipinski definition) is 4. The van der Waals surface area contributed by atoms with Gasteiger partial charge in [0.2, 0.25) is 0 Å². The summed E-state index contributed by atoms with van der Waals surface area (Å²) >= 11 is 0. The van der Waals surface area contributed by atoms with E-state index in [1.54, 1.807) is 12.1 Å². The number of rotatable bonds is 4. The van der Waals surface area contributed by atoms with Gasteiger partial charge in [0.1, 0.15) is 23.3 Å². The van der Waals surface area contributed by atoms with Crippen molar-refractivity contribution in [3.63, 3.8) is 0 Å². The van der Waals surface area contributed by atoms with Gasteiger partial charge in [0, 0.05) is 6.04 Å². The van der Waals surface area contributed by atoms with Gasteiger partial charge in [-0.05, 0) is 49.9 Å². The van der Waals surface area contributed by atoms with Gasteiger partial charge in [-0.3, -0.25) is 0 Å². The van der Waals surface area contributed by atoms with Crippen LogP contribution >= 0.6 is 0 Å². The molecule has 3 rings (SSSR count). The van der Waals surface area contributed by atoms with Crippen molar-refractivity contribution < 1.29 is 4.39 Å². The minimum atomic E-state index is -0.328. The molecule has 1 aliphatic carbocycles. The van der Waals surface area contributed by atoms with Gasteiger partial charge < -0.3 is 11.1 Å². The van der Waals surface area contributed by atoms with Gasteiger partial charge in [0.05, 0.1) is 5.69 Å². The molecule has 1 atom stereocenters. The quantitative estimate of drug-likeness (QED) is 0.905. The van der Waals surface area contributed by atoms with Gasteiger partial charge in [-0.1, -0.05) is 0 Å². The molecule has 0 amide bonds. The van der Waals surface area contributed by atoms with Gasteiger partial charge >= 0.3 is 0 Å². The Hall–Kier alpha value is -2.55. The third kappa shape index (κ3) is 2.55. The van der Waals surface area contributed by atoms with Gasteiger partial charge in [-0.15, -0.1) is 5.10 Å². The first-order valence-electron chi connectivity index (χ1n) is 6.91. The van der Waals surface area contributed by atoms with Crippen LogP contribution < -0.4 is 11.1 Å². The Labute approximate surface area is 122 Å². The Morgan fingerprint density at radius 1 is 1.43 bits per heavy atom. The molecule has 0 bridgehead atoms. The molecule has 6 heteroatoms. The molecular weight excluding hydrogens is 269 g/mol. The van der Waals surface area contributed by atoms with E-state index in [0.29, 0.717) is 23.0 Å². The fourth-order valence-corrected chi connectivity index (χ4v) is 2.35. The average Bonchev–Trinajstić information content (AvgIpc) is 3.26. The molecule has 0 saturated heterocycles. The third-order valence-corrected chi connectivity index (χ3v) is 3.80. The number of nitrogen functional groups attached to an aromatic ring is 1. The predicted molar refractivity (Wildman–Crippen MR) is 78.5 cm³/mol. The molecule has 0 radical (unpaired) electrons. The Balaban J connectivity index is 1.96. The normalized spacial score (nSPS) is 15.5. The first-order valence-corrected chi connectivity index (χ1v) is 6.91. The van der Waals surface area contributed by atoms with E-state index in [9.17, 15) is 9.65 Å². The predicted octanol–water partition coefficient (Wildman–Crippen LogP) is 2.68. The number of hydrogen-bond donors (Lipinski definition) is 2. The summed E-state index contributed by atoms with van der Waals surface area (Å²) in [7, 11) is 0. The Bertz CT molecular complexity index is 694. The van der Waals surface area contributed by atoms with E-state index in [1.165, 1.54) is 29.7 Å². The second kappa shape index (κ2) is 5.09. The Morgan fingerprint density at radius 2 is 2.10 bits per heavy atom. The number of aromatic nitrogens is 2. The molecule has 1 aromatic carbocycles. The summed E-state index contributed by atoms with van der Waals surface area (Å²) in [6.45, 7) is 2.08. The topological polar surface area (TPSA) is 79.7 Å². The first kappa shape index (κ1) is 13.4. The van der Waals surface area contributed by atoms with Crippen LogP contribution in [0.25, 0.3) is 5.69 Å². The van der Waals surface area contributed by atoms with E-state index < -0.39 is 0 Å². The molecule has 1 aliphatic rings. The Morgan fingerprint density at radius 3 is 2.67 bits per heavy atom. The van der Waals surface area contributed by atoms with Crippen LogP contribution in [0, 0.1) is 23.1 Å². The fourth-order valence-electron chi connectivity index (χ4n) is 2.35. The van der Waals surface area contributed by atoms with E-state index in [1.807, 2.05) is 0 Å². The third-order valence-electron chi connectivity index (χ3n) is 3.80. The minimum Gasteiger partial charge on any atom is -0.382 e. The molecule has 1 heterocycles. The summed E-state index contributed by atoms with van der Waals surface area (Å²) in [5.41, 5.74) is 6.94. The first-order chi connectivity index (χ1) is 10.1. The van der Waals surface area contributed by atoms with E-state index in [0.717, 1.165) is 0 Å². The van der Waals surface area contributed by atoms with Gasteiger partial charge in [0.25, 0.3) is 0 Å². The largest absolute Gasteiger partial charge is 0.382 e. The number of benzene rings is 1. The SMILES string of the molecule is CC(Nc1nn(-c2ccc(F)cc2)c(N)c1C#N)C1CC1. The molecular formula is C15H16FN5. The summed E-state index contributed by atoms with van der Waals surface area (Å²) in [4.78, 5) is 0. The van der Waals surface area contributed by atoms with Crippen LogP contribution in [-0.4, -0.2) is 15.8 Å². The van der Waals surface area contributed by atoms with Crippen molar-refractivity contribution in [3.05, 3.63) is 35.6 Å². The molecule has 1 unspecified atom stereocenters. The molecule has 0 aliphatic heterocycles. The van der Waals surface area contributed by atoms with Crippen LogP contribution in [0.5, 0.6) is 0 Å². The van der Waals surface area contributed by atoms with Crippen molar-refractivity contribution in [2.75, 3.05) is 11.1 Å². The lowest BCUT2D eigenvalue weighted by Crippen LogP contribution is -2.18. The molecule has 1 aromatic heterocycles. The number of anilines is 2. The highest BCUT2D eigenvalue weighted by Crippen LogP contribution is 2.35. The van der Waals surface area contributed by atoms with Crippen LogP contribution in [0.15, 0.2) is 24.3 Å². The second-order valence-corrected chi connectivity index (χ2v) is 5.38. The van der Waals surface area contributed by atoms with E-state index in [4.69, 9.17) is 5.73 Å². The second-order valence-electron chi connectivity index (χ2n) is 5.38. The fraction of sp³-hybridized carbons (Fsp3) is 0.333. The lowest BCUT2D eigenvalue weighted by molar-refractivity contribution is 0.627.